The second-order valence-electron chi connectivity index (χ2n) is 4.54. The highest BCUT2D eigenvalue weighted by Gasteiger charge is 2.40. The summed E-state index contributed by atoms with van der Waals surface area (Å²) < 4.78 is 36.9. The third-order valence-corrected chi connectivity index (χ3v) is 4.27. The van der Waals surface area contributed by atoms with Gasteiger partial charge in [-0.15, -0.1) is 0 Å². The van der Waals surface area contributed by atoms with Crippen LogP contribution in [-0.4, -0.2) is 47.8 Å². The Balaban J connectivity index is 2.50. The molecular formula is C10H17BrF3NO. The van der Waals surface area contributed by atoms with Gasteiger partial charge in [-0.05, 0) is 18.3 Å². The molecule has 0 unspecified atom stereocenters. The zero-order valence-electron chi connectivity index (χ0n) is 9.06. The predicted octanol–water partition coefficient (Wildman–Crippen LogP) is 2.41. The largest absolute Gasteiger partial charge is 0.401 e. The van der Waals surface area contributed by atoms with Gasteiger partial charge in [-0.2, -0.15) is 13.2 Å². The lowest BCUT2D eigenvalue weighted by Gasteiger charge is -2.44. The van der Waals surface area contributed by atoms with Crippen LogP contribution in [0.3, 0.4) is 0 Å². The number of alkyl halides is 4. The van der Waals surface area contributed by atoms with Crippen molar-refractivity contribution in [2.24, 2.45) is 5.41 Å². The lowest BCUT2D eigenvalue weighted by atomic mass is 9.70. The van der Waals surface area contributed by atoms with E-state index in [0.29, 0.717) is 6.54 Å². The SMILES string of the molecule is OCCN(CC(F)(F)F)CC1(CBr)CCC1. The standard InChI is InChI=1S/C10H17BrF3NO/c11-6-9(2-1-3-9)7-15(4-5-16)8-10(12,13)14/h16H,1-8H2. The molecule has 0 saturated heterocycles. The van der Waals surface area contributed by atoms with Gasteiger partial charge in [-0.25, -0.2) is 0 Å². The maximum absolute atomic E-state index is 12.3. The lowest BCUT2D eigenvalue weighted by Crippen LogP contribution is -2.47. The van der Waals surface area contributed by atoms with Gasteiger partial charge in [-0.3, -0.25) is 4.90 Å². The van der Waals surface area contributed by atoms with Crippen molar-refractivity contribution in [1.29, 1.82) is 0 Å². The quantitative estimate of drug-likeness (QED) is 0.762. The molecular weight excluding hydrogens is 287 g/mol. The topological polar surface area (TPSA) is 23.5 Å². The van der Waals surface area contributed by atoms with Crippen molar-refractivity contribution >= 4 is 15.9 Å². The lowest BCUT2D eigenvalue weighted by molar-refractivity contribution is -0.151. The van der Waals surface area contributed by atoms with Gasteiger partial charge in [0.25, 0.3) is 0 Å². The number of aliphatic hydroxyl groups excluding tert-OH is 1. The molecule has 0 aromatic rings. The molecule has 0 spiro atoms. The molecule has 0 aromatic heterocycles. The monoisotopic (exact) mass is 303 g/mol. The van der Waals surface area contributed by atoms with E-state index in [1.54, 1.807) is 0 Å². The minimum absolute atomic E-state index is 0.0135. The van der Waals surface area contributed by atoms with Gasteiger partial charge < -0.3 is 5.11 Å². The van der Waals surface area contributed by atoms with Crippen LogP contribution in [0.5, 0.6) is 0 Å². The Bertz CT molecular complexity index is 213. The van der Waals surface area contributed by atoms with Crippen molar-refractivity contribution in [3.05, 3.63) is 0 Å². The number of halogens is 4. The predicted molar refractivity (Wildman–Crippen MR) is 59.7 cm³/mol. The van der Waals surface area contributed by atoms with Crippen LogP contribution in [0.15, 0.2) is 0 Å². The van der Waals surface area contributed by atoms with Crippen LogP contribution < -0.4 is 0 Å². The van der Waals surface area contributed by atoms with Crippen LogP contribution in [0.2, 0.25) is 0 Å². The molecule has 1 aliphatic rings. The summed E-state index contributed by atoms with van der Waals surface area (Å²) in [6.07, 6.45) is -1.16. The minimum atomic E-state index is -4.19. The van der Waals surface area contributed by atoms with E-state index in [-0.39, 0.29) is 18.6 Å². The smallest absolute Gasteiger partial charge is 0.395 e. The van der Waals surface area contributed by atoms with E-state index in [2.05, 4.69) is 15.9 Å². The first kappa shape index (κ1) is 14.3. The van der Waals surface area contributed by atoms with Crippen LogP contribution in [-0.2, 0) is 0 Å². The third kappa shape index (κ3) is 4.22. The van der Waals surface area contributed by atoms with E-state index in [9.17, 15) is 13.2 Å². The molecule has 2 nitrogen and oxygen atoms in total. The highest BCUT2D eigenvalue weighted by molar-refractivity contribution is 9.09. The Kier molecular flexibility index (Phi) is 5.07. The fraction of sp³-hybridized carbons (Fsp3) is 1.00. The summed E-state index contributed by atoms with van der Waals surface area (Å²) >= 11 is 3.37. The molecule has 1 fully saturated rings. The molecule has 96 valence electrons. The van der Waals surface area contributed by atoms with Crippen molar-refractivity contribution in [1.82, 2.24) is 4.90 Å². The van der Waals surface area contributed by atoms with Crippen LogP contribution >= 0.6 is 15.9 Å². The molecule has 0 aromatic carbocycles. The summed E-state index contributed by atoms with van der Waals surface area (Å²) in [6.45, 7) is -0.649. The number of hydrogen-bond acceptors (Lipinski definition) is 2. The van der Waals surface area contributed by atoms with E-state index in [1.807, 2.05) is 0 Å². The van der Waals surface area contributed by atoms with E-state index in [4.69, 9.17) is 5.11 Å². The van der Waals surface area contributed by atoms with Crippen LogP contribution in [0.1, 0.15) is 19.3 Å². The first-order valence-electron chi connectivity index (χ1n) is 5.37. The number of nitrogens with zero attached hydrogens (tertiary/aromatic N) is 1. The molecule has 1 N–H and O–H groups in total. The highest BCUT2D eigenvalue weighted by atomic mass is 79.9. The number of hydrogen-bond donors (Lipinski definition) is 1. The van der Waals surface area contributed by atoms with E-state index in [0.717, 1.165) is 24.6 Å². The molecule has 0 heterocycles. The summed E-state index contributed by atoms with van der Waals surface area (Å²) in [4.78, 5) is 1.31. The van der Waals surface area contributed by atoms with Gasteiger partial charge in [0, 0.05) is 18.4 Å². The second kappa shape index (κ2) is 5.69. The van der Waals surface area contributed by atoms with E-state index < -0.39 is 12.7 Å². The summed E-state index contributed by atoms with van der Waals surface area (Å²) in [7, 11) is 0. The zero-order valence-corrected chi connectivity index (χ0v) is 10.6. The summed E-state index contributed by atoms with van der Waals surface area (Å²) in [5.74, 6) is 0. The van der Waals surface area contributed by atoms with Gasteiger partial charge in [0.15, 0.2) is 0 Å². The molecule has 0 aliphatic heterocycles. The average molecular weight is 304 g/mol. The van der Waals surface area contributed by atoms with Crippen molar-refractivity contribution in [2.45, 2.75) is 25.4 Å². The zero-order chi connectivity index (χ0) is 12.2. The molecule has 1 aliphatic carbocycles. The van der Waals surface area contributed by atoms with Gasteiger partial charge in [0.05, 0.1) is 13.2 Å². The summed E-state index contributed by atoms with van der Waals surface area (Å²) in [5.41, 5.74) is -0.0135. The van der Waals surface area contributed by atoms with Crippen molar-refractivity contribution in [2.75, 3.05) is 31.6 Å². The van der Waals surface area contributed by atoms with Gasteiger partial charge in [0.2, 0.25) is 0 Å². The number of rotatable bonds is 6. The fourth-order valence-corrected chi connectivity index (χ4v) is 2.83. The Morgan fingerprint density at radius 2 is 1.94 bits per heavy atom. The van der Waals surface area contributed by atoms with E-state index in [1.165, 1.54) is 4.90 Å². The Morgan fingerprint density at radius 1 is 1.31 bits per heavy atom. The molecule has 1 saturated carbocycles. The molecule has 16 heavy (non-hydrogen) atoms. The first-order chi connectivity index (χ1) is 7.41. The molecule has 1 rings (SSSR count). The van der Waals surface area contributed by atoms with E-state index >= 15 is 0 Å². The summed E-state index contributed by atoms with van der Waals surface area (Å²) in [6, 6.07) is 0. The van der Waals surface area contributed by atoms with Gasteiger partial charge >= 0.3 is 6.18 Å². The van der Waals surface area contributed by atoms with Crippen LogP contribution in [0, 0.1) is 5.41 Å². The maximum Gasteiger partial charge on any atom is 0.401 e. The normalized spacial score (nSPS) is 19.9. The molecule has 6 heteroatoms. The maximum atomic E-state index is 12.3. The molecule has 0 amide bonds. The molecule has 0 atom stereocenters. The van der Waals surface area contributed by atoms with Crippen LogP contribution in [0.4, 0.5) is 13.2 Å². The van der Waals surface area contributed by atoms with Crippen molar-refractivity contribution < 1.29 is 18.3 Å². The summed E-state index contributed by atoms with van der Waals surface area (Å²) in [5, 5.41) is 9.51. The highest BCUT2D eigenvalue weighted by Crippen LogP contribution is 2.43. The Hall–Kier alpha value is 0.190. The molecule has 0 radical (unpaired) electrons. The first-order valence-corrected chi connectivity index (χ1v) is 6.49. The Labute approximate surface area is 102 Å². The average Bonchev–Trinajstić information content (AvgIpc) is 2.09. The number of aliphatic hydroxyl groups is 1. The minimum Gasteiger partial charge on any atom is -0.395 e. The second-order valence-corrected chi connectivity index (χ2v) is 5.10. The van der Waals surface area contributed by atoms with Crippen molar-refractivity contribution in [3.63, 3.8) is 0 Å². The van der Waals surface area contributed by atoms with Crippen LogP contribution in [0.25, 0.3) is 0 Å². The third-order valence-electron chi connectivity index (χ3n) is 3.08. The van der Waals surface area contributed by atoms with Gasteiger partial charge in [-0.1, -0.05) is 22.4 Å². The molecule has 0 bridgehead atoms. The van der Waals surface area contributed by atoms with Gasteiger partial charge in [0.1, 0.15) is 0 Å². The fourth-order valence-electron chi connectivity index (χ4n) is 2.09. The Morgan fingerprint density at radius 3 is 2.25 bits per heavy atom. The van der Waals surface area contributed by atoms with Crippen molar-refractivity contribution in [3.8, 4) is 0 Å².